The number of carbonyl (C=O) groups is 1. The number of hydrogen-bond donors (Lipinski definition) is 2. The first-order valence-electron chi connectivity index (χ1n) is 5.08. The number of hydroxylamine groups is 2. The summed E-state index contributed by atoms with van der Waals surface area (Å²) in [4.78, 5) is 15.5. The van der Waals surface area contributed by atoms with Gasteiger partial charge in [-0.05, 0) is 27.7 Å². The van der Waals surface area contributed by atoms with Gasteiger partial charge in [-0.25, -0.2) is 5.32 Å². The molecule has 0 fully saturated rings. The van der Waals surface area contributed by atoms with Crippen molar-refractivity contribution in [2.75, 3.05) is 14.2 Å². The lowest BCUT2D eigenvalue weighted by Crippen LogP contribution is -2.64. The van der Waals surface area contributed by atoms with E-state index in [9.17, 15) is 9.90 Å². The third-order valence-electron chi connectivity index (χ3n) is 1.77. The molecule has 0 unspecified atom stereocenters. The Morgan fingerprint density at radius 3 is 2.25 bits per heavy atom. The Morgan fingerprint density at radius 2 is 1.94 bits per heavy atom. The van der Waals surface area contributed by atoms with E-state index in [2.05, 4.69) is 5.32 Å². The van der Waals surface area contributed by atoms with Crippen LogP contribution < -0.4 is 5.32 Å². The van der Waals surface area contributed by atoms with Crippen molar-refractivity contribution in [3.8, 4) is 0 Å². The van der Waals surface area contributed by atoms with E-state index < -0.39 is 17.7 Å². The summed E-state index contributed by atoms with van der Waals surface area (Å²) in [6.45, 7) is 6.96. The molecule has 0 aliphatic heterocycles. The molecule has 2 atom stereocenters. The molecule has 0 aliphatic rings. The fraction of sp³-hybridized carbons (Fsp3) is 0.900. The predicted molar refractivity (Wildman–Crippen MR) is 59.2 cm³/mol. The maximum atomic E-state index is 10.6. The predicted octanol–water partition coefficient (Wildman–Crippen LogP) is 0.0753. The minimum atomic E-state index is -1.85. The van der Waals surface area contributed by atoms with Crippen molar-refractivity contribution in [1.82, 2.24) is 10.4 Å². The molecule has 6 nitrogen and oxygen atoms in total. The largest absolute Gasteiger partial charge is 0.339 e. The number of carbonyl (C=O) groups excluding carboxylic acids is 1. The van der Waals surface area contributed by atoms with E-state index in [4.69, 9.17) is 9.57 Å². The number of aldehydes is 1. The van der Waals surface area contributed by atoms with Crippen molar-refractivity contribution in [2.45, 2.75) is 45.4 Å². The van der Waals surface area contributed by atoms with Crippen LogP contribution in [-0.2, 0) is 14.4 Å². The molecule has 0 rings (SSSR count). The van der Waals surface area contributed by atoms with Gasteiger partial charge in [0.1, 0.15) is 6.29 Å². The lowest BCUT2D eigenvalue weighted by Gasteiger charge is -2.40. The monoisotopic (exact) mass is 234 g/mol. The van der Waals surface area contributed by atoms with Crippen molar-refractivity contribution in [2.24, 2.45) is 0 Å². The van der Waals surface area contributed by atoms with Crippen LogP contribution in [0, 0.1) is 0 Å². The van der Waals surface area contributed by atoms with Crippen molar-refractivity contribution in [3.63, 3.8) is 0 Å². The second kappa shape index (κ2) is 5.70. The van der Waals surface area contributed by atoms with Gasteiger partial charge in [0.2, 0.25) is 0 Å². The Balaban J connectivity index is 4.81. The van der Waals surface area contributed by atoms with Gasteiger partial charge in [-0.15, -0.1) is 5.06 Å². The Hall–Kier alpha value is -0.530. The van der Waals surface area contributed by atoms with Crippen LogP contribution in [0.5, 0.6) is 0 Å². The molecule has 0 heterocycles. The van der Waals surface area contributed by atoms with Gasteiger partial charge < -0.3 is 14.6 Å². The Labute approximate surface area is 96.5 Å². The summed E-state index contributed by atoms with van der Waals surface area (Å²) in [6.07, 6.45) is 0.667. The van der Waals surface area contributed by atoms with Crippen LogP contribution in [-0.4, -0.2) is 48.3 Å². The average molecular weight is 234 g/mol. The lowest BCUT2D eigenvalue weighted by atomic mass is 10.2. The van der Waals surface area contributed by atoms with Crippen LogP contribution in [0.25, 0.3) is 0 Å². The molecule has 0 aromatic carbocycles. The second-order valence-corrected chi connectivity index (χ2v) is 4.57. The quantitative estimate of drug-likeness (QED) is 0.385. The summed E-state index contributed by atoms with van der Waals surface area (Å²) in [5, 5.41) is 13.9. The van der Waals surface area contributed by atoms with Gasteiger partial charge in [0.25, 0.3) is 0 Å². The Kier molecular flexibility index (Phi) is 5.51. The summed E-state index contributed by atoms with van der Waals surface area (Å²) < 4.78 is 5.44. The van der Waals surface area contributed by atoms with Crippen LogP contribution in [0.15, 0.2) is 0 Å². The third-order valence-corrected chi connectivity index (χ3v) is 1.77. The maximum absolute atomic E-state index is 10.6. The van der Waals surface area contributed by atoms with Crippen LogP contribution >= 0.6 is 0 Å². The van der Waals surface area contributed by atoms with E-state index >= 15 is 0 Å². The van der Waals surface area contributed by atoms with Gasteiger partial charge in [-0.3, -0.25) is 4.84 Å². The van der Waals surface area contributed by atoms with E-state index in [0.29, 0.717) is 6.29 Å². The zero-order valence-corrected chi connectivity index (χ0v) is 10.8. The molecule has 16 heavy (non-hydrogen) atoms. The summed E-state index contributed by atoms with van der Waals surface area (Å²) in [5.41, 5.74) is -0.600. The van der Waals surface area contributed by atoms with E-state index in [1.165, 1.54) is 14.2 Å². The van der Waals surface area contributed by atoms with Gasteiger partial charge in [0.15, 0.2) is 0 Å². The molecule has 0 spiro atoms. The van der Waals surface area contributed by atoms with Gasteiger partial charge in [-0.2, -0.15) is 0 Å². The summed E-state index contributed by atoms with van der Waals surface area (Å²) >= 11 is 0. The summed E-state index contributed by atoms with van der Waals surface area (Å²) in [7, 11) is 2.89. The molecule has 0 amide bonds. The van der Waals surface area contributed by atoms with Crippen LogP contribution in [0.3, 0.4) is 0 Å². The highest BCUT2D eigenvalue weighted by Gasteiger charge is 2.39. The van der Waals surface area contributed by atoms with Crippen LogP contribution in [0.2, 0.25) is 0 Å². The first kappa shape index (κ1) is 15.5. The number of hydrogen-bond acceptors (Lipinski definition) is 6. The van der Waals surface area contributed by atoms with E-state index in [-0.39, 0.29) is 0 Å². The molecular formula is C10H22N2O4. The second-order valence-electron chi connectivity index (χ2n) is 4.57. The third kappa shape index (κ3) is 5.00. The minimum Gasteiger partial charge on any atom is -0.339 e. The summed E-state index contributed by atoms with van der Waals surface area (Å²) in [6, 6.07) is -2.42. The molecule has 0 aromatic rings. The first-order valence-corrected chi connectivity index (χ1v) is 5.08. The molecule has 0 aliphatic carbocycles. The molecule has 0 radical (unpaired) electrons. The van der Waals surface area contributed by atoms with Crippen molar-refractivity contribution in [1.29, 1.82) is 0 Å². The van der Waals surface area contributed by atoms with Gasteiger partial charge in [0.05, 0.1) is 18.8 Å². The number of ether oxygens (including phenoxy) is 1. The molecule has 6 heteroatoms. The first-order chi connectivity index (χ1) is 7.14. The fourth-order valence-electron chi connectivity index (χ4n) is 1.07. The minimum absolute atomic E-state index is 0.565. The zero-order valence-electron chi connectivity index (χ0n) is 10.8. The van der Waals surface area contributed by atoms with Gasteiger partial charge in [-0.1, -0.05) is 0 Å². The average Bonchev–Trinajstić information content (AvgIpc) is 2.13. The highest BCUT2D eigenvalue weighted by molar-refractivity contribution is 5.56. The SMILES string of the molecule is CON(C)[C@@](O)(N[C@H](C)C=O)OC(C)(C)C. The molecule has 0 aromatic heterocycles. The zero-order chi connectivity index (χ0) is 13.0. The van der Waals surface area contributed by atoms with Crippen molar-refractivity contribution >= 4 is 6.29 Å². The maximum Gasteiger partial charge on any atom is 0.315 e. The smallest absolute Gasteiger partial charge is 0.315 e. The van der Waals surface area contributed by atoms with Crippen LogP contribution in [0.1, 0.15) is 27.7 Å². The normalized spacial score (nSPS) is 18.2. The molecule has 96 valence electrons. The fourth-order valence-corrected chi connectivity index (χ4v) is 1.07. The highest BCUT2D eigenvalue weighted by atomic mass is 16.8. The number of nitrogens with one attached hydrogen (secondary N) is 1. The summed E-state index contributed by atoms with van der Waals surface area (Å²) in [5.74, 6) is 0. The molecule has 2 N–H and O–H groups in total. The number of aliphatic hydroxyl groups is 1. The van der Waals surface area contributed by atoms with E-state index in [1.807, 2.05) is 0 Å². The van der Waals surface area contributed by atoms with Crippen LogP contribution in [0.4, 0.5) is 0 Å². The number of nitrogens with zero attached hydrogens (tertiary/aromatic N) is 1. The molecule has 0 saturated carbocycles. The Bertz CT molecular complexity index is 229. The molecular weight excluding hydrogens is 212 g/mol. The van der Waals surface area contributed by atoms with Crippen molar-refractivity contribution in [3.05, 3.63) is 0 Å². The van der Waals surface area contributed by atoms with Crippen molar-refractivity contribution < 1.29 is 19.5 Å². The van der Waals surface area contributed by atoms with Gasteiger partial charge in [0, 0.05) is 7.05 Å². The molecule has 0 bridgehead atoms. The lowest BCUT2D eigenvalue weighted by molar-refractivity contribution is -0.414. The topological polar surface area (TPSA) is 71.0 Å². The van der Waals surface area contributed by atoms with E-state index in [1.54, 1.807) is 27.7 Å². The Morgan fingerprint density at radius 1 is 1.44 bits per heavy atom. The molecule has 0 saturated heterocycles. The van der Waals surface area contributed by atoms with E-state index in [0.717, 1.165) is 5.06 Å². The van der Waals surface area contributed by atoms with Gasteiger partial charge >= 0.3 is 6.03 Å². The highest BCUT2D eigenvalue weighted by Crippen LogP contribution is 2.19. The standard InChI is InChI=1S/C10H22N2O4/c1-8(7-13)11-10(14,12(5)15-6)16-9(2,3)4/h7-8,11,14H,1-6H3/t8-,10-/m1/s1. The number of rotatable bonds is 6.